The molecule has 2 aromatic carbocycles. The average Bonchev–Trinajstić information content (AvgIpc) is 2.96. The van der Waals surface area contributed by atoms with Crippen molar-refractivity contribution < 1.29 is 19.4 Å². The van der Waals surface area contributed by atoms with Crippen molar-refractivity contribution in [2.45, 2.75) is 13.8 Å². The molecule has 0 aliphatic rings. The minimum absolute atomic E-state index is 0.194. The van der Waals surface area contributed by atoms with Gasteiger partial charge in [-0.05, 0) is 98.2 Å². The first kappa shape index (κ1) is 34.1. The first-order valence-corrected chi connectivity index (χ1v) is 13.1. The summed E-state index contributed by atoms with van der Waals surface area (Å²) in [5, 5.41) is 8.81. The first-order chi connectivity index (χ1) is 19.1. The van der Waals surface area contributed by atoms with Gasteiger partial charge in [-0.2, -0.15) is 0 Å². The second kappa shape index (κ2) is 19.1. The number of esters is 1. The number of phenolic OH excluding ortho intramolecular Hbond substituents is 1. The van der Waals surface area contributed by atoms with Crippen molar-refractivity contribution in [3.8, 4) is 34.0 Å². The zero-order valence-corrected chi connectivity index (χ0v) is 24.3. The van der Waals surface area contributed by atoms with Gasteiger partial charge in [-0.15, -0.1) is 23.2 Å². The van der Waals surface area contributed by atoms with Crippen LogP contribution in [0, 0.1) is 0 Å². The molecular formula is C31H29Cl3N2O4. The van der Waals surface area contributed by atoms with Crippen LogP contribution in [0.3, 0.4) is 0 Å². The molecule has 208 valence electrons. The number of phenols is 1. The van der Waals surface area contributed by atoms with Crippen molar-refractivity contribution in [3.05, 3.63) is 122 Å². The highest BCUT2D eigenvalue weighted by Crippen LogP contribution is 2.21. The fourth-order valence-electron chi connectivity index (χ4n) is 2.59. The summed E-state index contributed by atoms with van der Waals surface area (Å²) in [6.07, 6.45) is 3.49. The van der Waals surface area contributed by atoms with E-state index in [0.29, 0.717) is 16.9 Å². The van der Waals surface area contributed by atoms with Gasteiger partial charge in [-0.1, -0.05) is 25.3 Å². The summed E-state index contributed by atoms with van der Waals surface area (Å²) in [7, 11) is 0. The predicted octanol–water partition coefficient (Wildman–Crippen LogP) is 8.43. The lowest BCUT2D eigenvalue weighted by atomic mass is 10.1. The molecule has 0 saturated carbocycles. The van der Waals surface area contributed by atoms with E-state index in [9.17, 15) is 9.59 Å². The van der Waals surface area contributed by atoms with Crippen LogP contribution in [0.1, 0.15) is 13.8 Å². The van der Waals surface area contributed by atoms with E-state index >= 15 is 0 Å². The highest BCUT2D eigenvalue weighted by molar-refractivity contribution is 6.67. The van der Waals surface area contributed by atoms with Crippen molar-refractivity contribution in [1.82, 2.24) is 9.97 Å². The van der Waals surface area contributed by atoms with Crippen molar-refractivity contribution >= 4 is 46.0 Å². The lowest BCUT2D eigenvalue weighted by Crippen LogP contribution is -2.07. The number of allylic oxidation sites excluding steroid dienone is 1. The normalized spacial score (nSPS) is 9.22. The van der Waals surface area contributed by atoms with Crippen LogP contribution in [0.25, 0.3) is 22.5 Å². The SMILES string of the molecule is C=C(C)C(=O)Cl.C=C(C)C(=O)Oc1ccc(-c2ccccn2)cc1.ClCCl.Oc1ccc(-c2ccccn2)cc1. The number of alkyl halides is 2. The van der Waals surface area contributed by atoms with E-state index in [1.54, 1.807) is 50.5 Å². The van der Waals surface area contributed by atoms with Gasteiger partial charge in [0.05, 0.1) is 16.7 Å². The average molecular weight is 600 g/mol. The lowest BCUT2D eigenvalue weighted by Gasteiger charge is -2.05. The summed E-state index contributed by atoms with van der Waals surface area (Å²) >= 11 is 14.4. The van der Waals surface area contributed by atoms with Gasteiger partial charge in [0.1, 0.15) is 11.5 Å². The molecule has 0 amide bonds. The third kappa shape index (κ3) is 13.7. The molecule has 2 heterocycles. The zero-order chi connectivity index (χ0) is 29.9. The number of aromatic nitrogens is 2. The maximum absolute atomic E-state index is 11.3. The van der Waals surface area contributed by atoms with E-state index in [1.165, 1.54) is 0 Å². The molecule has 9 heteroatoms. The Labute approximate surface area is 249 Å². The molecule has 4 aromatic rings. The van der Waals surface area contributed by atoms with Crippen LogP contribution >= 0.6 is 34.8 Å². The Morgan fingerprint density at radius 2 is 1.15 bits per heavy atom. The highest BCUT2D eigenvalue weighted by atomic mass is 35.5. The summed E-state index contributed by atoms with van der Waals surface area (Å²) in [5.74, 6) is 0.364. The van der Waals surface area contributed by atoms with E-state index in [4.69, 9.17) is 44.6 Å². The Hall–Kier alpha value is -3.97. The summed E-state index contributed by atoms with van der Waals surface area (Å²) in [4.78, 5) is 29.6. The van der Waals surface area contributed by atoms with Gasteiger partial charge in [0.2, 0.25) is 5.24 Å². The molecule has 0 aliphatic heterocycles. The van der Waals surface area contributed by atoms with Crippen LogP contribution in [-0.2, 0) is 9.59 Å². The molecule has 0 saturated heterocycles. The fraction of sp³-hybridized carbons (Fsp3) is 0.0968. The van der Waals surface area contributed by atoms with Crippen molar-refractivity contribution in [3.63, 3.8) is 0 Å². The minimum Gasteiger partial charge on any atom is -0.508 e. The molecule has 0 unspecified atom stereocenters. The molecule has 1 N–H and O–H groups in total. The second-order valence-electron chi connectivity index (χ2n) is 7.83. The van der Waals surface area contributed by atoms with Gasteiger partial charge < -0.3 is 9.84 Å². The zero-order valence-electron chi connectivity index (χ0n) is 22.1. The monoisotopic (exact) mass is 598 g/mol. The lowest BCUT2D eigenvalue weighted by molar-refractivity contribution is -0.130. The Kier molecular flexibility index (Phi) is 16.3. The number of aromatic hydroxyl groups is 1. The minimum atomic E-state index is -0.463. The van der Waals surface area contributed by atoms with Crippen molar-refractivity contribution in [2.75, 3.05) is 5.34 Å². The number of carbonyl (C=O) groups is 2. The number of carbonyl (C=O) groups excluding carboxylic acids is 2. The number of hydrogen-bond donors (Lipinski definition) is 1. The molecule has 0 atom stereocenters. The number of halogens is 3. The number of hydrogen-bond acceptors (Lipinski definition) is 6. The Morgan fingerprint density at radius 3 is 1.48 bits per heavy atom. The van der Waals surface area contributed by atoms with Gasteiger partial charge in [0.15, 0.2) is 0 Å². The summed E-state index contributed by atoms with van der Waals surface area (Å²) in [5.41, 5.74) is 4.56. The fourth-order valence-corrected chi connectivity index (χ4v) is 2.59. The molecule has 0 fully saturated rings. The summed E-state index contributed by atoms with van der Waals surface area (Å²) < 4.78 is 5.11. The van der Waals surface area contributed by atoms with Crippen molar-refractivity contribution in [1.29, 1.82) is 0 Å². The summed E-state index contributed by atoms with van der Waals surface area (Å²) in [6, 6.07) is 25.7. The van der Waals surface area contributed by atoms with Crippen LogP contribution in [-0.4, -0.2) is 31.6 Å². The van der Waals surface area contributed by atoms with Crippen molar-refractivity contribution in [2.24, 2.45) is 0 Å². The van der Waals surface area contributed by atoms with Crippen LogP contribution in [0.15, 0.2) is 122 Å². The van der Waals surface area contributed by atoms with E-state index in [1.807, 2.05) is 60.7 Å². The van der Waals surface area contributed by atoms with E-state index < -0.39 is 11.2 Å². The van der Waals surface area contributed by atoms with Crippen LogP contribution in [0.4, 0.5) is 0 Å². The number of nitrogens with zero attached hydrogens (tertiary/aromatic N) is 2. The smallest absolute Gasteiger partial charge is 0.338 e. The largest absolute Gasteiger partial charge is 0.508 e. The third-order valence-corrected chi connectivity index (χ3v) is 4.86. The molecule has 6 nitrogen and oxygen atoms in total. The molecule has 0 bridgehead atoms. The van der Waals surface area contributed by atoms with Gasteiger partial charge in [0.25, 0.3) is 0 Å². The third-order valence-electron chi connectivity index (χ3n) is 4.54. The van der Waals surface area contributed by atoms with Gasteiger partial charge in [0, 0.05) is 34.7 Å². The molecule has 0 aliphatic carbocycles. The Bertz CT molecular complexity index is 1340. The topological polar surface area (TPSA) is 89.4 Å². The maximum atomic E-state index is 11.3. The van der Waals surface area contributed by atoms with Gasteiger partial charge in [-0.25, -0.2) is 4.79 Å². The number of benzene rings is 2. The number of pyridine rings is 2. The van der Waals surface area contributed by atoms with Crippen LogP contribution in [0.2, 0.25) is 0 Å². The van der Waals surface area contributed by atoms with E-state index in [0.717, 1.165) is 22.5 Å². The van der Waals surface area contributed by atoms with Gasteiger partial charge >= 0.3 is 5.97 Å². The molecule has 40 heavy (non-hydrogen) atoms. The van der Waals surface area contributed by atoms with Gasteiger partial charge in [-0.3, -0.25) is 14.8 Å². The molecular weight excluding hydrogens is 571 g/mol. The number of ether oxygens (including phenoxy) is 1. The van der Waals surface area contributed by atoms with Crippen LogP contribution < -0.4 is 4.74 Å². The molecule has 4 rings (SSSR count). The molecule has 2 aromatic heterocycles. The van der Waals surface area contributed by atoms with E-state index in [-0.39, 0.29) is 11.1 Å². The van der Waals surface area contributed by atoms with Crippen LogP contribution in [0.5, 0.6) is 11.5 Å². The standard InChI is InChI=1S/C15H13NO2.C11H9NO.C4H5ClO.CH2Cl2/c1-11(2)15(17)18-13-8-6-12(7-9-13)14-5-3-4-10-16-14;13-10-6-4-9(5-7-10)11-3-1-2-8-12-11;1-3(2)4(5)6;2-1-3/h3-10H,1H2,2H3;1-8,13H;1H2,2H3;1H2. The highest BCUT2D eigenvalue weighted by Gasteiger charge is 2.05. The second-order valence-corrected chi connectivity index (χ2v) is 8.98. The summed E-state index contributed by atoms with van der Waals surface area (Å²) in [6.45, 7) is 9.99. The quantitative estimate of drug-likeness (QED) is 0.0814. The predicted molar refractivity (Wildman–Crippen MR) is 164 cm³/mol. The van der Waals surface area contributed by atoms with E-state index in [2.05, 4.69) is 23.1 Å². The molecule has 0 radical (unpaired) electrons. The molecule has 0 spiro atoms. The maximum Gasteiger partial charge on any atom is 0.338 e. The Morgan fingerprint density at radius 1 is 0.750 bits per heavy atom. The Balaban J connectivity index is 0.000000317. The first-order valence-electron chi connectivity index (χ1n) is 11.7. The number of rotatable bonds is 5.